The summed E-state index contributed by atoms with van der Waals surface area (Å²) < 4.78 is 26.6. The predicted octanol–water partition coefficient (Wildman–Crippen LogP) is 0.883. The van der Waals surface area contributed by atoms with Crippen LogP contribution in [0.25, 0.3) is 0 Å². The first-order chi connectivity index (χ1) is 11.1. The van der Waals surface area contributed by atoms with E-state index < -0.39 is 11.6 Å². The van der Waals surface area contributed by atoms with Crippen LogP contribution in [-0.4, -0.2) is 67.6 Å². The number of carbonyl (C=O) groups is 1. The summed E-state index contributed by atoms with van der Waals surface area (Å²) in [5.41, 5.74) is -0.106. The van der Waals surface area contributed by atoms with E-state index in [0.717, 1.165) is 57.5 Å². The zero-order valence-electron chi connectivity index (χ0n) is 13.0. The SMILES string of the molecule is O=C(CN1CCN(C2CCNC2)CC1)Nc1cc(F)ccc1F. The number of piperazine rings is 1. The number of rotatable bonds is 4. The van der Waals surface area contributed by atoms with E-state index in [1.54, 1.807) is 0 Å². The molecule has 0 radical (unpaired) electrons. The second kappa shape index (κ2) is 7.33. The average Bonchev–Trinajstić information content (AvgIpc) is 3.06. The Kier molecular flexibility index (Phi) is 5.20. The van der Waals surface area contributed by atoms with Crippen LogP contribution in [0.15, 0.2) is 18.2 Å². The van der Waals surface area contributed by atoms with Gasteiger partial charge in [0.2, 0.25) is 5.91 Å². The molecule has 5 nitrogen and oxygen atoms in total. The third-order valence-electron chi connectivity index (χ3n) is 4.53. The van der Waals surface area contributed by atoms with Gasteiger partial charge in [-0.05, 0) is 25.1 Å². The van der Waals surface area contributed by atoms with Gasteiger partial charge in [0.1, 0.15) is 11.6 Å². The summed E-state index contributed by atoms with van der Waals surface area (Å²) in [7, 11) is 0. The van der Waals surface area contributed by atoms with Crippen molar-refractivity contribution in [3.05, 3.63) is 29.8 Å². The molecule has 126 valence electrons. The van der Waals surface area contributed by atoms with Gasteiger partial charge in [0.05, 0.1) is 12.2 Å². The van der Waals surface area contributed by atoms with E-state index in [9.17, 15) is 13.6 Å². The third kappa shape index (κ3) is 4.25. The minimum Gasteiger partial charge on any atom is -0.322 e. The van der Waals surface area contributed by atoms with Gasteiger partial charge >= 0.3 is 0 Å². The topological polar surface area (TPSA) is 47.6 Å². The molecule has 0 aromatic heterocycles. The smallest absolute Gasteiger partial charge is 0.238 e. The molecule has 2 aliphatic rings. The van der Waals surface area contributed by atoms with E-state index in [4.69, 9.17) is 0 Å². The number of anilines is 1. The Balaban J connectivity index is 1.46. The number of carbonyl (C=O) groups excluding carboxylic acids is 1. The van der Waals surface area contributed by atoms with Crippen molar-refractivity contribution in [1.82, 2.24) is 15.1 Å². The highest BCUT2D eigenvalue weighted by molar-refractivity contribution is 5.92. The molecule has 3 rings (SSSR count). The number of benzene rings is 1. The van der Waals surface area contributed by atoms with Gasteiger partial charge in [-0.25, -0.2) is 8.78 Å². The number of hydrogen-bond donors (Lipinski definition) is 2. The van der Waals surface area contributed by atoms with Crippen LogP contribution >= 0.6 is 0 Å². The Labute approximate surface area is 134 Å². The van der Waals surface area contributed by atoms with E-state index in [2.05, 4.69) is 15.5 Å². The first-order valence-electron chi connectivity index (χ1n) is 8.04. The molecule has 1 aromatic rings. The maximum atomic E-state index is 13.5. The molecular formula is C16H22F2N4O. The van der Waals surface area contributed by atoms with E-state index >= 15 is 0 Å². The zero-order valence-corrected chi connectivity index (χ0v) is 13.0. The van der Waals surface area contributed by atoms with E-state index in [0.29, 0.717) is 6.04 Å². The second-order valence-electron chi connectivity index (χ2n) is 6.13. The summed E-state index contributed by atoms with van der Waals surface area (Å²) in [5.74, 6) is -1.51. The number of amides is 1. The lowest BCUT2D eigenvalue weighted by Gasteiger charge is -2.37. The Morgan fingerprint density at radius 3 is 2.74 bits per heavy atom. The molecule has 2 fully saturated rings. The second-order valence-corrected chi connectivity index (χ2v) is 6.13. The van der Waals surface area contributed by atoms with Crippen LogP contribution in [-0.2, 0) is 4.79 Å². The number of halogens is 2. The fraction of sp³-hybridized carbons (Fsp3) is 0.562. The molecule has 2 aliphatic heterocycles. The maximum Gasteiger partial charge on any atom is 0.238 e. The molecule has 0 saturated carbocycles. The zero-order chi connectivity index (χ0) is 16.2. The van der Waals surface area contributed by atoms with Crippen molar-refractivity contribution in [2.45, 2.75) is 12.5 Å². The summed E-state index contributed by atoms with van der Waals surface area (Å²) in [4.78, 5) is 16.5. The third-order valence-corrected chi connectivity index (χ3v) is 4.53. The molecule has 7 heteroatoms. The fourth-order valence-electron chi connectivity index (χ4n) is 3.22. The number of hydrogen-bond acceptors (Lipinski definition) is 4. The fourth-order valence-corrected chi connectivity index (χ4v) is 3.22. The van der Waals surface area contributed by atoms with Crippen LogP contribution in [0.4, 0.5) is 14.5 Å². The highest BCUT2D eigenvalue weighted by Crippen LogP contribution is 2.16. The molecular weight excluding hydrogens is 302 g/mol. The van der Waals surface area contributed by atoms with Gasteiger partial charge in [0.25, 0.3) is 0 Å². The van der Waals surface area contributed by atoms with Crippen LogP contribution in [0.3, 0.4) is 0 Å². The van der Waals surface area contributed by atoms with Gasteiger partial charge in [-0.2, -0.15) is 0 Å². The van der Waals surface area contributed by atoms with Gasteiger partial charge < -0.3 is 10.6 Å². The number of nitrogens with one attached hydrogen (secondary N) is 2. The first kappa shape index (κ1) is 16.3. The number of nitrogens with zero attached hydrogens (tertiary/aromatic N) is 2. The van der Waals surface area contributed by atoms with E-state index in [1.165, 1.54) is 6.42 Å². The minimum atomic E-state index is -0.627. The molecule has 0 aliphatic carbocycles. The van der Waals surface area contributed by atoms with Crippen molar-refractivity contribution in [3.8, 4) is 0 Å². The predicted molar refractivity (Wildman–Crippen MR) is 84.3 cm³/mol. The minimum absolute atomic E-state index is 0.106. The van der Waals surface area contributed by atoms with Crippen LogP contribution in [0.5, 0.6) is 0 Å². The van der Waals surface area contributed by atoms with Gasteiger partial charge in [-0.3, -0.25) is 14.6 Å². The monoisotopic (exact) mass is 324 g/mol. The van der Waals surface area contributed by atoms with Crippen molar-refractivity contribution in [2.75, 3.05) is 51.1 Å². The summed E-state index contributed by atoms with van der Waals surface area (Å²) >= 11 is 0. The Morgan fingerprint density at radius 2 is 2.04 bits per heavy atom. The molecule has 2 heterocycles. The Morgan fingerprint density at radius 1 is 1.26 bits per heavy atom. The standard InChI is InChI=1S/C16H22F2N4O/c17-12-1-2-14(18)15(9-12)20-16(23)11-21-5-7-22(8-6-21)13-3-4-19-10-13/h1-2,9,13,19H,3-8,10-11H2,(H,20,23). The lowest BCUT2D eigenvalue weighted by molar-refractivity contribution is -0.117. The quantitative estimate of drug-likeness (QED) is 0.863. The molecule has 1 atom stereocenters. The van der Waals surface area contributed by atoms with Crippen LogP contribution in [0.2, 0.25) is 0 Å². The molecule has 1 aromatic carbocycles. The average molecular weight is 324 g/mol. The molecule has 0 bridgehead atoms. The van der Waals surface area contributed by atoms with E-state index in [-0.39, 0.29) is 18.1 Å². The normalized spacial score (nSPS) is 23.1. The molecule has 2 N–H and O–H groups in total. The van der Waals surface area contributed by atoms with Crippen molar-refractivity contribution in [3.63, 3.8) is 0 Å². The summed E-state index contributed by atoms with van der Waals surface area (Å²) in [5, 5.41) is 5.81. The molecule has 23 heavy (non-hydrogen) atoms. The van der Waals surface area contributed by atoms with Crippen LogP contribution < -0.4 is 10.6 Å². The highest BCUT2D eigenvalue weighted by atomic mass is 19.1. The summed E-state index contributed by atoms with van der Waals surface area (Å²) in [6, 6.07) is 3.65. The van der Waals surface area contributed by atoms with Gasteiger partial charge in [-0.15, -0.1) is 0 Å². The lowest BCUT2D eigenvalue weighted by atomic mass is 10.2. The van der Waals surface area contributed by atoms with Crippen molar-refractivity contribution in [1.29, 1.82) is 0 Å². The Bertz CT molecular complexity index is 555. The van der Waals surface area contributed by atoms with Crippen LogP contribution in [0, 0.1) is 11.6 Å². The van der Waals surface area contributed by atoms with Crippen molar-refractivity contribution < 1.29 is 13.6 Å². The molecule has 1 amide bonds. The summed E-state index contributed by atoms with van der Waals surface area (Å²) in [6.45, 7) is 5.82. The molecule has 1 unspecified atom stereocenters. The maximum absolute atomic E-state index is 13.5. The largest absolute Gasteiger partial charge is 0.322 e. The highest BCUT2D eigenvalue weighted by Gasteiger charge is 2.26. The van der Waals surface area contributed by atoms with Gasteiger partial charge in [0.15, 0.2) is 0 Å². The molecule has 2 saturated heterocycles. The lowest BCUT2D eigenvalue weighted by Crippen LogP contribution is -2.52. The van der Waals surface area contributed by atoms with Gasteiger partial charge in [-0.1, -0.05) is 0 Å². The molecule has 0 spiro atoms. The Hall–Kier alpha value is -1.57. The summed E-state index contributed by atoms with van der Waals surface area (Å²) in [6.07, 6.45) is 1.18. The van der Waals surface area contributed by atoms with Gasteiger partial charge in [0, 0.05) is 44.8 Å². The van der Waals surface area contributed by atoms with E-state index in [1.807, 2.05) is 4.90 Å². The van der Waals surface area contributed by atoms with Crippen molar-refractivity contribution >= 4 is 11.6 Å². The van der Waals surface area contributed by atoms with Crippen LogP contribution in [0.1, 0.15) is 6.42 Å². The van der Waals surface area contributed by atoms with Crippen molar-refractivity contribution in [2.24, 2.45) is 0 Å². The first-order valence-corrected chi connectivity index (χ1v) is 8.04.